The van der Waals surface area contributed by atoms with Gasteiger partial charge in [0.15, 0.2) is 0 Å². The lowest BCUT2D eigenvalue weighted by atomic mass is 9.35. The van der Waals surface area contributed by atoms with Crippen LogP contribution in [0, 0.1) is 6.92 Å². The van der Waals surface area contributed by atoms with Crippen molar-refractivity contribution in [1.29, 1.82) is 0 Å². The van der Waals surface area contributed by atoms with E-state index in [1.165, 1.54) is 111 Å². The van der Waals surface area contributed by atoms with E-state index < -0.39 is 0 Å². The summed E-state index contributed by atoms with van der Waals surface area (Å²) in [5, 5.41) is 1.33. The van der Waals surface area contributed by atoms with Gasteiger partial charge in [0, 0.05) is 48.7 Å². The highest BCUT2D eigenvalue weighted by Gasteiger charge is 2.48. The second-order valence-electron chi connectivity index (χ2n) is 19.0. The average molecular weight is 795 g/mol. The molecule has 0 N–H and O–H groups in total. The van der Waals surface area contributed by atoms with Crippen molar-refractivity contribution in [2.24, 2.45) is 0 Å². The molecule has 0 saturated carbocycles. The van der Waals surface area contributed by atoms with Crippen molar-refractivity contribution >= 4 is 78.0 Å². The van der Waals surface area contributed by atoms with Gasteiger partial charge in [0.1, 0.15) is 0 Å². The zero-order chi connectivity index (χ0) is 41.1. The van der Waals surface area contributed by atoms with E-state index in [0.29, 0.717) is 5.92 Å². The molecule has 11 rings (SSSR count). The number of hydrogen-bond acceptors (Lipinski definition) is 3. The minimum absolute atomic E-state index is 0.0392. The molecule has 0 spiro atoms. The van der Waals surface area contributed by atoms with Gasteiger partial charge in [0.05, 0.1) is 11.4 Å². The molecule has 0 atom stereocenters. The van der Waals surface area contributed by atoms with Crippen molar-refractivity contribution in [3.63, 3.8) is 0 Å². The number of fused-ring (bicyclic) bond motifs is 7. The van der Waals surface area contributed by atoms with E-state index in [1.54, 1.807) is 0 Å². The molecule has 0 saturated heterocycles. The molecular weight excluding hydrogens is 744 g/mol. The van der Waals surface area contributed by atoms with Crippen molar-refractivity contribution < 1.29 is 0 Å². The van der Waals surface area contributed by atoms with Gasteiger partial charge in [-0.1, -0.05) is 157 Å². The molecule has 3 heterocycles. The van der Waals surface area contributed by atoms with Gasteiger partial charge >= 0.3 is 0 Å². The maximum Gasteiger partial charge on any atom is 0.264 e. The van der Waals surface area contributed by atoms with Crippen LogP contribution < -0.4 is 25.5 Å². The largest absolute Gasteiger partial charge is 0.310 e. The van der Waals surface area contributed by atoms with Crippen LogP contribution in [-0.2, 0) is 10.8 Å². The van der Waals surface area contributed by atoms with Crippen LogP contribution in [0.25, 0.3) is 32.3 Å². The van der Waals surface area contributed by atoms with E-state index in [4.69, 9.17) is 0 Å². The summed E-state index contributed by atoms with van der Waals surface area (Å²) in [5.74, 6) is 0.453. The summed E-state index contributed by atoms with van der Waals surface area (Å²) in [6.45, 7) is 16.9. The van der Waals surface area contributed by atoms with Crippen molar-refractivity contribution in [2.45, 2.75) is 78.1 Å². The van der Waals surface area contributed by atoms with Crippen LogP contribution in [0.3, 0.4) is 0 Å². The normalized spacial score (nSPS) is 15.8. The number of anilines is 6. The number of hydrogen-bond donors (Lipinski definition) is 0. The highest BCUT2D eigenvalue weighted by atomic mass is 32.1. The molecule has 0 amide bonds. The monoisotopic (exact) mass is 794 g/mol. The molecule has 2 nitrogen and oxygen atoms in total. The third-order valence-electron chi connectivity index (χ3n) is 13.9. The zero-order valence-electron chi connectivity index (χ0n) is 35.8. The van der Waals surface area contributed by atoms with Gasteiger partial charge in [-0.3, -0.25) is 0 Å². The molecule has 0 bridgehead atoms. The van der Waals surface area contributed by atoms with Crippen LogP contribution in [0.2, 0.25) is 0 Å². The topological polar surface area (TPSA) is 6.48 Å². The smallest absolute Gasteiger partial charge is 0.264 e. The van der Waals surface area contributed by atoms with E-state index in [0.717, 1.165) is 6.42 Å². The fraction of sp³-hybridized carbons (Fsp3) is 0.214. The Kier molecular flexibility index (Phi) is 8.42. The molecule has 8 aromatic rings. The Hall–Kier alpha value is -5.84. The Morgan fingerprint density at radius 3 is 1.73 bits per heavy atom. The fourth-order valence-electron chi connectivity index (χ4n) is 10.6. The standard InChI is InChI=1S/C56H51BN2S/c1-35(2)39-26-27-43-50(32-39)60-54-53(43)58(40-22-15-10-16-23-40)48-30-36(3)31-49-51(48)57(54)46-33-44-45(56(6,7)29-28-55(44,4)5)34-47(46)59(49)52-41(37-18-11-8-12-19-37)24-17-25-42(52)38-20-13-9-14-21-38/h8-27,30-35H,28-29H2,1-7H3. The third-order valence-corrected chi connectivity index (χ3v) is 15.1. The first kappa shape index (κ1) is 37.2. The van der Waals surface area contributed by atoms with Gasteiger partial charge in [-0.05, 0) is 117 Å². The summed E-state index contributed by atoms with van der Waals surface area (Å²) in [5.41, 5.74) is 21.0. The van der Waals surface area contributed by atoms with Gasteiger partial charge in [-0.25, -0.2) is 0 Å². The number of thiophene rings is 1. The van der Waals surface area contributed by atoms with Crippen molar-refractivity contribution in [3.05, 3.63) is 174 Å². The minimum Gasteiger partial charge on any atom is -0.310 e. The molecule has 0 unspecified atom stereocenters. The van der Waals surface area contributed by atoms with Gasteiger partial charge in [0.25, 0.3) is 6.71 Å². The van der Waals surface area contributed by atoms with E-state index in [1.807, 2.05) is 11.3 Å². The van der Waals surface area contributed by atoms with Crippen LogP contribution in [0.15, 0.2) is 152 Å². The first-order chi connectivity index (χ1) is 29.0. The minimum atomic E-state index is 0.0392. The highest BCUT2D eigenvalue weighted by Crippen LogP contribution is 2.54. The maximum atomic E-state index is 2.69. The Morgan fingerprint density at radius 2 is 1.13 bits per heavy atom. The quantitative estimate of drug-likeness (QED) is 0.160. The lowest BCUT2D eigenvalue weighted by molar-refractivity contribution is 0.332. The third kappa shape index (κ3) is 5.60. The Morgan fingerprint density at radius 1 is 0.567 bits per heavy atom. The van der Waals surface area contributed by atoms with Crippen LogP contribution in [0.4, 0.5) is 34.1 Å². The second-order valence-corrected chi connectivity index (χ2v) is 20.1. The SMILES string of the molecule is Cc1cc2c3c(c1)N(c1ccccc1)c1c(sc4cc(C(C)C)ccc14)B3c1cc3c(cc1N2c1c(-c2ccccc2)cccc1-c1ccccc1)C(C)(C)CCC3(C)C. The Bertz CT molecular complexity index is 2920. The van der Waals surface area contributed by atoms with E-state index in [-0.39, 0.29) is 17.5 Å². The Labute approximate surface area is 360 Å². The summed E-state index contributed by atoms with van der Waals surface area (Å²) in [6.07, 6.45) is 2.33. The number of benzene rings is 7. The van der Waals surface area contributed by atoms with E-state index in [2.05, 4.69) is 210 Å². The predicted molar refractivity (Wildman–Crippen MR) is 261 cm³/mol. The molecule has 7 aromatic carbocycles. The predicted octanol–water partition coefficient (Wildman–Crippen LogP) is 14.1. The van der Waals surface area contributed by atoms with Crippen molar-refractivity contribution in [3.8, 4) is 22.3 Å². The molecule has 1 aliphatic carbocycles. The summed E-state index contributed by atoms with van der Waals surface area (Å²) < 4.78 is 2.79. The molecule has 3 aliphatic rings. The first-order valence-electron chi connectivity index (χ1n) is 21.8. The average Bonchev–Trinajstić information content (AvgIpc) is 3.64. The number of aryl methyl sites for hydroxylation is 1. The highest BCUT2D eigenvalue weighted by molar-refractivity contribution is 7.33. The molecule has 0 radical (unpaired) electrons. The molecule has 60 heavy (non-hydrogen) atoms. The van der Waals surface area contributed by atoms with Crippen molar-refractivity contribution in [2.75, 3.05) is 9.80 Å². The summed E-state index contributed by atoms with van der Waals surface area (Å²) in [7, 11) is 0. The Balaban J connectivity index is 1.32. The molecule has 0 fully saturated rings. The molecular formula is C56H51BN2S. The van der Waals surface area contributed by atoms with Gasteiger partial charge in [-0.15, -0.1) is 11.3 Å². The van der Waals surface area contributed by atoms with Gasteiger partial charge < -0.3 is 9.80 Å². The van der Waals surface area contributed by atoms with E-state index in [9.17, 15) is 0 Å². The summed E-state index contributed by atoms with van der Waals surface area (Å²) >= 11 is 2.01. The molecule has 2 aliphatic heterocycles. The number of para-hydroxylation sites is 2. The second kappa shape index (κ2) is 13.6. The van der Waals surface area contributed by atoms with Gasteiger partial charge in [0.2, 0.25) is 0 Å². The first-order valence-corrected chi connectivity index (χ1v) is 22.6. The van der Waals surface area contributed by atoms with Crippen LogP contribution >= 0.6 is 11.3 Å². The zero-order valence-corrected chi connectivity index (χ0v) is 36.6. The number of rotatable bonds is 5. The van der Waals surface area contributed by atoms with E-state index >= 15 is 0 Å². The molecule has 1 aromatic heterocycles. The van der Waals surface area contributed by atoms with Crippen LogP contribution in [0.5, 0.6) is 0 Å². The maximum absolute atomic E-state index is 2.69. The lowest BCUT2D eigenvalue weighted by Crippen LogP contribution is -2.61. The van der Waals surface area contributed by atoms with Crippen molar-refractivity contribution in [1.82, 2.24) is 0 Å². The summed E-state index contributed by atoms with van der Waals surface area (Å²) in [6, 6.07) is 57.6. The summed E-state index contributed by atoms with van der Waals surface area (Å²) in [4.78, 5) is 5.29. The molecule has 4 heteroatoms. The van der Waals surface area contributed by atoms with Gasteiger partial charge in [-0.2, -0.15) is 0 Å². The lowest BCUT2D eigenvalue weighted by Gasteiger charge is -2.47. The van der Waals surface area contributed by atoms with Crippen LogP contribution in [-0.4, -0.2) is 6.71 Å². The van der Waals surface area contributed by atoms with Crippen LogP contribution in [0.1, 0.15) is 82.6 Å². The molecule has 294 valence electrons. The number of nitrogens with zero attached hydrogens (tertiary/aromatic N) is 2. The fourth-order valence-corrected chi connectivity index (χ4v) is 12.0.